The highest BCUT2D eigenvalue weighted by atomic mass is 35.5. The summed E-state index contributed by atoms with van der Waals surface area (Å²) in [5.74, 6) is 0.578. The third-order valence-electron chi connectivity index (χ3n) is 3.10. The van der Waals surface area contributed by atoms with Gasteiger partial charge in [-0.05, 0) is 24.0 Å². The van der Waals surface area contributed by atoms with Gasteiger partial charge in [0.25, 0.3) is 0 Å². The van der Waals surface area contributed by atoms with Gasteiger partial charge < -0.3 is 15.4 Å². The summed E-state index contributed by atoms with van der Waals surface area (Å²) in [6, 6.07) is 7.24. The van der Waals surface area contributed by atoms with E-state index in [-0.39, 0.29) is 17.2 Å². The predicted molar refractivity (Wildman–Crippen MR) is 96.3 cm³/mol. The molecule has 1 aromatic rings. The molecule has 0 aliphatic rings. The van der Waals surface area contributed by atoms with Crippen LogP contribution >= 0.6 is 11.6 Å². The first kappa shape index (κ1) is 20.3. The maximum Gasteiger partial charge on any atom is 0.220 e. The lowest BCUT2D eigenvalue weighted by Gasteiger charge is -2.17. The van der Waals surface area contributed by atoms with E-state index in [0.717, 1.165) is 0 Å². The van der Waals surface area contributed by atoms with Crippen molar-refractivity contribution in [2.75, 3.05) is 19.7 Å². The average molecular weight is 355 g/mol. The van der Waals surface area contributed by atoms with Crippen molar-refractivity contribution in [1.29, 1.82) is 0 Å². The second-order valence-electron chi connectivity index (χ2n) is 6.82. The summed E-state index contributed by atoms with van der Waals surface area (Å²) < 4.78 is 5.52. The summed E-state index contributed by atoms with van der Waals surface area (Å²) in [5.41, 5.74) is -0.0328. The van der Waals surface area contributed by atoms with Crippen LogP contribution in [0.15, 0.2) is 24.3 Å². The van der Waals surface area contributed by atoms with Gasteiger partial charge in [-0.1, -0.05) is 44.5 Å². The van der Waals surface area contributed by atoms with Crippen molar-refractivity contribution >= 4 is 23.4 Å². The Morgan fingerprint density at radius 2 is 1.71 bits per heavy atom. The number of carbonyl (C=O) groups is 2. The van der Waals surface area contributed by atoms with Crippen LogP contribution in [0, 0.1) is 5.41 Å². The van der Waals surface area contributed by atoms with Crippen LogP contribution in [-0.4, -0.2) is 31.5 Å². The molecule has 134 valence electrons. The topological polar surface area (TPSA) is 67.4 Å². The lowest BCUT2D eigenvalue weighted by atomic mass is 9.92. The van der Waals surface area contributed by atoms with Crippen LogP contribution in [0.25, 0.3) is 0 Å². The normalized spacial score (nSPS) is 11.0. The molecule has 0 fully saturated rings. The first-order valence-electron chi connectivity index (χ1n) is 8.19. The molecule has 0 spiro atoms. The molecule has 0 saturated carbocycles. The fourth-order valence-electron chi connectivity index (χ4n) is 2.01. The fraction of sp³-hybridized carbons (Fsp3) is 0.556. The Balaban J connectivity index is 2.06. The monoisotopic (exact) mass is 354 g/mol. The number of halogens is 1. The van der Waals surface area contributed by atoms with Gasteiger partial charge in [0.15, 0.2) is 0 Å². The van der Waals surface area contributed by atoms with E-state index in [4.69, 9.17) is 16.3 Å². The van der Waals surface area contributed by atoms with Gasteiger partial charge in [-0.15, -0.1) is 0 Å². The van der Waals surface area contributed by atoms with E-state index < -0.39 is 0 Å². The Morgan fingerprint density at radius 1 is 1.08 bits per heavy atom. The van der Waals surface area contributed by atoms with E-state index in [1.807, 2.05) is 32.9 Å². The van der Waals surface area contributed by atoms with Crippen molar-refractivity contribution in [3.05, 3.63) is 29.3 Å². The first-order chi connectivity index (χ1) is 11.3. The largest absolute Gasteiger partial charge is 0.492 e. The third kappa shape index (κ3) is 9.40. The molecule has 24 heavy (non-hydrogen) atoms. The highest BCUT2D eigenvalue weighted by Crippen LogP contribution is 2.23. The lowest BCUT2D eigenvalue weighted by Crippen LogP contribution is -2.35. The van der Waals surface area contributed by atoms with Crippen molar-refractivity contribution in [2.45, 2.75) is 40.0 Å². The molecule has 0 aromatic heterocycles. The molecule has 2 amide bonds. The van der Waals surface area contributed by atoms with E-state index in [0.29, 0.717) is 49.7 Å². The smallest absolute Gasteiger partial charge is 0.220 e. The standard InChI is InChI=1S/C18H27ClN2O3/c1-18(2,3)13-17(23)21-11-10-20-16(22)9-6-12-24-15-8-5-4-7-14(15)19/h4-5,7-8H,6,9-13H2,1-3H3,(H,20,22)(H,21,23). The second kappa shape index (κ2) is 10.2. The number of rotatable bonds is 9. The van der Waals surface area contributed by atoms with Crippen LogP contribution in [0.1, 0.15) is 40.0 Å². The number of nitrogens with one attached hydrogen (secondary N) is 2. The molecule has 0 saturated heterocycles. The van der Waals surface area contributed by atoms with Crippen LogP contribution in [-0.2, 0) is 9.59 Å². The van der Waals surface area contributed by atoms with Crippen LogP contribution in [0.2, 0.25) is 5.02 Å². The molecule has 0 radical (unpaired) electrons. The molecule has 0 heterocycles. The number of benzene rings is 1. The Bertz CT molecular complexity index is 541. The quantitative estimate of drug-likeness (QED) is 0.669. The highest BCUT2D eigenvalue weighted by molar-refractivity contribution is 6.32. The SMILES string of the molecule is CC(C)(C)CC(=O)NCCNC(=O)CCCOc1ccccc1Cl. The van der Waals surface area contributed by atoms with Crippen molar-refractivity contribution in [3.8, 4) is 5.75 Å². The fourth-order valence-corrected chi connectivity index (χ4v) is 2.20. The lowest BCUT2D eigenvalue weighted by molar-refractivity contribution is -0.124. The van der Waals surface area contributed by atoms with Crippen molar-refractivity contribution in [2.24, 2.45) is 5.41 Å². The van der Waals surface area contributed by atoms with Crippen molar-refractivity contribution in [1.82, 2.24) is 10.6 Å². The molecule has 0 aliphatic carbocycles. The maximum atomic E-state index is 11.7. The predicted octanol–water partition coefficient (Wildman–Crippen LogP) is 3.17. The number of amides is 2. The van der Waals surface area contributed by atoms with Gasteiger partial charge in [0, 0.05) is 25.9 Å². The summed E-state index contributed by atoms with van der Waals surface area (Å²) in [5, 5.41) is 6.14. The molecular weight excluding hydrogens is 328 g/mol. The molecule has 6 heteroatoms. The van der Waals surface area contributed by atoms with Gasteiger partial charge >= 0.3 is 0 Å². The third-order valence-corrected chi connectivity index (χ3v) is 3.41. The molecule has 0 unspecified atom stereocenters. The first-order valence-corrected chi connectivity index (χ1v) is 8.56. The van der Waals surface area contributed by atoms with E-state index in [9.17, 15) is 9.59 Å². The minimum absolute atomic E-state index is 0.00453. The zero-order valence-electron chi connectivity index (χ0n) is 14.7. The van der Waals surface area contributed by atoms with E-state index in [1.165, 1.54) is 0 Å². The Labute approximate surface area is 149 Å². The Kier molecular flexibility index (Phi) is 8.61. The molecule has 2 N–H and O–H groups in total. The van der Waals surface area contributed by atoms with Gasteiger partial charge in [0.1, 0.15) is 5.75 Å². The summed E-state index contributed by atoms with van der Waals surface area (Å²) in [4.78, 5) is 23.3. The zero-order valence-corrected chi connectivity index (χ0v) is 15.4. The average Bonchev–Trinajstić information content (AvgIpc) is 2.48. The number of carbonyl (C=O) groups excluding carboxylic acids is 2. The van der Waals surface area contributed by atoms with E-state index in [2.05, 4.69) is 10.6 Å². The van der Waals surface area contributed by atoms with E-state index in [1.54, 1.807) is 12.1 Å². The van der Waals surface area contributed by atoms with Crippen molar-refractivity contribution < 1.29 is 14.3 Å². The van der Waals surface area contributed by atoms with Gasteiger partial charge in [-0.25, -0.2) is 0 Å². The Morgan fingerprint density at radius 3 is 2.33 bits per heavy atom. The molecule has 5 nitrogen and oxygen atoms in total. The maximum absolute atomic E-state index is 11.7. The summed E-state index contributed by atoms with van der Waals surface area (Å²) in [6.07, 6.45) is 1.45. The molecule has 0 aliphatic heterocycles. The number of para-hydroxylation sites is 1. The van der Waals surface area contributed by atoms with Gasteiger partial charge in [0.05, 0.1) is 11.6 Å². The minimum Gasteiger partial charge on any atom is -0.492 e. The molecule has 0 bridgehead atoms. The van der Waals surface area contributed by atoms with Crippen LogP contribution in [0.5, 0.6) is 5.75 Å². The summed E-state index contributed by atoms with van der Waals surface area (Å²) >= 11 is 5.98. The molecule has 1 aromatic carbocycles. The number of ether oxygens (including phenoxy) is 1. The van der Waals surface area contributed by atoms with Crippen LogP contribution in [0.4, 0.5) is 0 Å². The Hall–Kier alpha value is -1.75. The highest BCUT2D eigenvalue weighted by Gasteiger charge is 2.15. The van der Waals surface area contributed by atoms with Gasteiger partial charge in [-0.3, -0.25) is 9.59 Å². The summed E-state index contributed by atoms with van der Waals surface area (Å²) in [7, 11) is 0. The van der Waals surface area contributed by atoms with E-state index >= 15 is 0 Å². The number of hydrogen-bond acceptors (Lipinski definition) is 3. The minimum atomic E-state index is -0.0529. The van der Waals surface area contributed by atoms with Gasteiger partial charge in [-0.2, -0.15) is 0 Å². The number of hydrogen-bond donors (Lipinski definition) is 2. The van der Waals surface area contributed by atoms with Gasteiger partial charge in [0.2, 0.25) is 11.8 Å². The molecule has 1 rings (SSSR count). The molecule has 0 atom stereocenters. The van der Waals surface area contributed by atoms with Crippen LogP contribution < -0.4 is 15.4 Å². The summed E-state index contributed by atoms with van der Waals surface area (Å²) in [6.45, 7) is 7.34. The van der Waals surface area contributed by atoms with Crippen molar-refractivity contribution in [3.63, 3.8) is 0 Å². The van der Waals surface area contributed by atoms with Crippen LogP contribution in [0.3, 0.4) is 0 Å². The molecular formula is C18H27ClN2O3. The zero-order chi connectivity index (χ0) is 18.0. The second-order valence-corrected chi connectivity index (χ2v) is 7.23.